The minimum atomic E-state index is -0.795. The van der Waals surface area contributed by atoms with Crippen LogP contribution in [-0.2, 0) is 0 Å². The quantitative estimate of drug-likeness (QED) is 0.511. The van der Waals surface area contributed by atoms with E-state index in [9.17, 15) is 0 Å². The maximum absolute atomic E-state index is 2.39. The van der Waals surface area contributed by atoms with E-state index in [4.69, 9.17) is 0 Å². The van der Waals surface area contributed by atoms with Crippen LogP contribution in [0.3, 0.4) is 0 Å². The van der Waals surface area contributed by atoms with Gasteiger partial charge in [-0.2, -0.15) is 0 Å². The van der Waals surface area contributed by atoms with Gasteiger partial charge in [0, 0.05) is 0 Å². The summed E-state index contributed by atoms with van der Waals surface area (Å²) in [4.78, 5) is 0. The summed E-state index contributed by atoms with van der Waals surface area (Å²) < 4.78 is 1.73. The van der Waals surface area contributed by atoms with Crippen LogP contribution in [0, 0.1) is 12.8 Å². The Morgan fingerprint density at radius 1 is 1.12 bits per heavy atom. The van der Waals surface area contributed by atoms with Crippen molar-refractivity contribution in [1.29, 1.82) is 0 Å². The first-order valence-corrected chi connectivity index (χ1v) is 10.5. The van der Waals surface area contributed by atoms with Gasteiger partial charge in [-0.1, -0.05) is 0 Å². The number of aryl methyl sites for hydroxylation is 1. The third-order valence-corrected chi connectivity index (χ3v) is 9.81. The van der Waals surface area contributed by atoms with Gasteiger partial charge < -0.3 is 0 Å². The Hall–Kier alpha value is -0.222. The summed E-state index contributed by atoms with van der Waals surface area (Å²) in [7, 11) is 0. The van der Waals surface area contributed by atoms with Crippen molar-refractivity contribution in [1.82, 2.24) is 0 Å². The van der Waals surface area contributed by atoms with Crippen LogP contribution in [0.1, 0.15) is 45.6 Å². The van der Waals surface area contributed by atoms with Crippen molar-refractivity contribution in [2.75, 3.05) is 0 Å². The summed E-state index contributed by atoms with van der Waals surface area (Å²) in [6.07, 6.45) is 4.20. The van der Waals surface area contributed by atoms with Crippen LogP contribution in [0.5, 0.6) is 0 Å². The zero-order chi connectivity index (χ0) is 12.7. The van der Waals surface area contributed by atoms with E-state index in [1.54, 1.807) is 4.35 Å². The molecule has 0 aliphatic carbocycles. The first-order chi connectivity index (χ1) is 8.15. The van der Waals surface area contributed by atoms with Gasteiger partial charge in [0.05, 0.1) is 0 Å². The molecule has 0 radical (unpaired) electrons. The molecule has 0 fully saturated rings. The Morgan fingerprint density at radius 2 is 1.82 bits per heavy atom. The summed E-state index contributed by atoms with van der Waals surface area (Å²) in [5.41, 5.74) is 1.53. The van der Waals surface area contributed by atoms with Gasteiger partial charge in [-0.05, 0) is 0 Å². The van der Waals surface area contributed by atoms with Crippen molar-refractivity contribution in [2.24, 2.45) is 5.92 Å². The van der Waals surface area contributed by atoms with Gasteiger partial charge in [0.15, 0.2) is 0 Å². The Labute approximate surface area is 112 Å². The minimum absolute atomic E-state index is 0.795. The third-order valence-electron chi connectivity index (χ3n) is 3.07. The fourth-order valence-electron chi connectivity index (χ4n) is 2.22. The van der Waals surface area contributed by atoms with Crippen molar-refractivity contribution < 1.29 is 0 Å². The monoisotopic (exact) mass is 294 g/mol. The predicted molar refractivity (Wildman–Crippen MR) is 80.5 cm³/mol. The predicted octanol–water partition coefficient (Wildman–Crippen LogP) is 4.54. The van der Waals surface area contributed by atoms with Crippen LogP contribution < -0.4 is 4.35 Å². The van der Waals surface area contributed by atoms with Crippen molar-refractivity contribution >= 4 is 19.0 Å². The molecule has 0 spiro atoms. The Kier molecular flexibility index (Phi) is 6.97. The number of hydrogen-bond acceptors (Lipinski definition) is 0. The van der Waals surface area contributed by atoms with Crippen LogP contribution in [0.15, 0.2) is 24.3 Å². The van der Waals surface area contributed by atoms with Crippen LogP contribution in [0.25, 0.3) is 0 Å². The molecule has 0 nitrogen and oxygen atoms in total. The van der Waals surface area contributed by atoms with Gasteiger partial charge in [-0.25, -0.2) is 0 Å². The van der Waals surface area contributed by atoms with Crippen LogP contribution in [0.2, 0.25) is 10.4 Å². The Morgan fingerprint density at radius 3 is 2.41 bits per heavy atom. The fraction of sp³-hybridized carbons (Fsp3) is 0.625. The van der Waals surface area contributed by atoms with Gasteiger partial charge in [0.2, 0.25) is 0 Å². The second kappa shape index (κ2) is 7.98. The third kappa shape index (κ3) is 5.30. The summed E-state index contributed by atoms with van der Waals surface area (Å²) in [6, 6.07) is 9.08. The second-order valence-corrected chi connectivity index (χ2v) is 10.3. The SMILES string of the molecule is CCCCC[As](CC(C)C)c1ccccc1C. The zero-order valence-electron chi connectivity index (χ0n) is 11.9. The standard InChI is InChI=1S/C16H27As/c1-5-6-9-12-17(13-14(2)3)16-11-8-7-10-15(16)4/h7-8,10-11,14H,5-6,9,12-13H2,1-4H3. The second-order valence-electron chi connectivity index (χ2n) is 5.33. The van der Waals surface area contributed by atoms with E-state index in [1.165, 1.54) is 35.2 Å². The molecule has 1 heteroatoms. The fourth-order valence-corrected chi connectivity index (χ4v) is 8.47. The van der Waals surface area contributed by atoms with E-state index in [0.717, 1.165) is 5.92 Å². The van der Waals surface area contributed by atoms with E-state index < -0.39 is 14.7 Å². The number of rotatable bonds is 7. The van der Waals surface area contributed by atoms with E-state index in [0.29, 0.717) is 0 Å². The molecule has 1 aromatic rings. The molecule has 17 heavy (non-hydrogen) atoms. The summed E-state index contributed by atoms with van der Waals surface area (Å²) >= 11 is -0.795. The van der Waals surface area contributed by atoms with Gasteiger partial charge >= 0.3 is 112 Å². The topological polar surface area (TPSA) is 0 Å². The van der Waals surface area contributed by atoms with E-state index in [1.807, 2.05) is 0 Å². The first kappa shape index (κ1) is 14.8. The molecule has 0 N–H and O–H groups in total. The number of hydrogen-bond donors (Lipinski definition) is 0. The van der Waals surface area contributed by atoms with E-state index >= 15 is 0 Å². The summed E-state index contributed by atoms with van der Waals surface area (Å²) in [5.74, 6) is 0.858. The molecular formula is C16H27As. The molecule has 1 unspecified atom stereocenters. The molecule has 1 rings (SSSR count). The molecule has 96 valence electrons. The molecule has 0 aromatic heterocycles. The van der Waals surface area contributed by atoms with E-state index in [2.05, 4.69) is 52.0 Å². The van der Waals surface area contributed by atoms with Crippen LogP contribution in [-0.4, -0.2) is 14.7 Å². The Balaban J connectivity index is 2.71. The zero-order valence-corrected chi connectivity index (χ0v) is 13.7. The van der Waals surface area contributed by atoms with Crippen LogP contribution in [0.4, 0.5) is 0 Å². The van der Waals surface area contributed by atoms with Gasteiger partial charge in [0.1, 0.15) is 0 Å². The molecule has 0 saturated carbocycles. The molecule has 0 aliphatic rings. The van der Waals surface area contributed by atoms with Crippen molar-refractivity contribution in [3.8, 4) is 0 Å². The van der Waals surface area contributed by atoms with Gasteiger partial charge in [-0.3, -0.25) is 0 Å². The molecule has 0 saturated heterocycles. The molecule has 0 aliphatic heterocycles. The van der Waals surface area contributed by atoms with E-state index in [-0.39, 0.29) is 0 Å². The van der Waals surface area contributed by atoms with Crippen molar-refractivity contribution in [3.05, 3.63) is 29.8 Å². The van der Waals surface area contributed by atoms with Crippen molar-refractivity contribution in [2.45, 2.75) is 57.4 Å². The maximum atomic E-state index is 2.39. The normalized spacial score (nSPS) is 13.0. The number of unbranched alkanes of at least 4 members (excludes halogenated alkanes) is 2. The number of benzene rings is 1. The molecule has 1 atom stereocenters. The molecule has 0 amide bonds. The van der Waals surface area contributed by atoms with Gasteiger partial charge in [-0.15, -0.1) is 0 Å². The molecule has 0 bridgehead atoms. The average Bonchev–Trinajstić information content (AvgIpc) is 2.28. The Bertz CT molecular complexity index is 317. The van der Waals surface area contributed by atoms with Crippen LogP contribution >= 0.6 is 0 Å². The summed E-state index contributed by atoms with van der Waals surface area (Å²) in [5, 5.41) is 2.98. The molecular weight excluding hydrogens is 267 g/mol. The summed E-state index contributed by atoms with van der Waals surface area (Å²) in [6.45, 7) is 9.34. The first-order valence-electron chi connectivity index (χ1n) is 6.95. The molecule has 1 aromatic carbocycles. The van der Waals surface area contributed by atoms with Crippen molar-refractivity contribution in [3.63, 3.8) is 0 Å². The van der Waals surface area contributed by atoms with Gasteiger partial charge in [0.25, 0.3) is 0 Å². The average molecular weight is 294 g/mol. The molecule has 0 heterocycles.